The third-order valence-electron chi connectivity index (χ3n) is 3.38. The molecule has 7 nitrogen and oxygen atoms in total. The lowest BCUT2D eigenvalue weighted by atomic mass is 10.1. The van der Waals surface area contributed by atoms with Gasteiger partial charge in [-0.3, -0.25) is 9.78 Å². The fraction of sp³-hybridized carbons (Fsp3) is 0.583. The first-order chi connectivity index (χ1) is 9.22. The zero-order valence-electron chi connectivity index (χ0n) is 11.1. The largest absolute Gasteiger partial charge is 0.350 e. The smallest absolute Gasteiger partial charge is 0.271 e. The number of anilines is 1. The van der Waals surface area contributed by atoms with Gasteiger partial charge in [-0.1, -0.05) is 6.92 Å². The number of hydrogen-bond acceptors (Lipinski definition) is 6. The molecule has 1 fully saturated rings. The highest BCUT2D eigenvalue weighted by molar-refractivity contribution is 5.92. The highest BCUT2D eigenvalue weighted by Gasteiger charge is 2.21. The van der Waals surface area contributed by atoms with Crippen molar-refractivity contribution < 1.29 is 4.79 Å². The Hall–Kier alpha value is -1.73. The molecule has 2 heterocycles. The van der Waals surface area contributed by atoms with Gasteiger partial charge in [0.15, 0.2) is 5.82 Å². The third kappa shape index (κ3) is 3.62. The summed E-state index contributed by atoms with van der Waals surface area (Å²) in [6.45, 7) is 6.07. The number of carbonyl (C=O) groups is 1. The fourth-order valence-electron chi connectivity index (χ4n) is 2.24. The van der Waals surface area contributed by atoms with Gasteiger partial charge in [-0.2, -0.15) is 0 Å². The van der Waals surface area contributed by atoms with Crippen molar-refractivity contribution in [3.63, 3.8) is 0 Å². The van der Waals surface area contributed by atoms with Crippen molar-refractivity contribution in [2.24, 2.45) is 11.8 Å². The number of amides is 1. The van der Waals surface area contributed by atoms with E-state index in [0.29, 0.717) is 18.3 Å². The summed E-state index contributed by atoms with van der Waals surface area (Å²) in [5.74, 6) is 5.93. The molecule has 1 unspecified atom stereocenters. The predicted molar refractivity (Wildman–Crippen MR) is 72.4 cm³/mol. The van der Waals surface area contributed by atoms with Crippen LogP contribution < -0.4 is 16.6 Å². The Morgan fingerprint density at radius 1 is 1.58 bits per heavy atom. The number of nitrogens with zero attached hydrogens (tertiary/aromatic N) is 3. The van der Waals surface area contributed by atoms with Crippen molar-refractivity contribution in [3.05, 3.63) is 18.1 Å². The third-order valence-corrected chi connectivity index (χ3v) is 3.38. The Labute approximate surface area is 112 Å². The number of hydrogen-bond donors (Lipinski definition) is 3. The maximum atomic E-state index is 11.9. The van der Waals surface area contributed by atoms with Crippen LogP contribution in [-0.2, 0) is 0 Å². The zero-order valence-corrected chi connectivity index (χ0v) is 11.1. The van der Waals surface area contributed by atoms with E-state index >= 15 is 0 Å². The van der Waals surface area contributed by atoms with Crippen LogP contribution in [0.1, 0.15) is 23.8 Å². The van der Waals surface area contributed by atoms with Gasteiger partial charge in [-0.15, -0.1) is 0 Å². The van der Waals surface area contributed by atoms with Gasteiger partial charge in [0.2, 0.25) is 0 Å². The van der Waals surface area contributed by atoms with Gasteiger partial charge in [-0.25, -0.2) is 10.8 Å². The second kappa shape index (κ2) is 6.44. The minimum absolute atomic E-state index is 0.209. The molecule has 7 heteroatoms. The van der Waals surface area contributed by atoms with Crippen LogP contribution in [0.2, 0.25) is 0 Å². The Kier molecular flexibility index (Phi) is 4.64. The van der Waals surface area contributed by atoms with Gasteiger partial charge in [0, 0.05) is 13.1 Å². The van der Waals surface area contributed by atoms with Crippen LogP contribution in [0.3, 0.4) is 0 Å². The van der Waals surface area contributed by atoms with E-state index in [4.69, 9.17) is 5.84 Å². The summed E-state index contributed by atoms with van der Waals surface area (Å²) < 4.78 is 0. The molecule has 2 rings (SSSR count). The lowest BCUT2D eigenvalue weighted by Gasteiger charge is -2.13. The number of hydrazine groups is 1. The molecule has 0 aromatic carbocycles. The summed E-state index contributed by atoms with van der Waals surface area (Å²) >= 11 is 0. The van der Waals surface area contributed by atoms with Crippen LogP contribution in [0.25, 0.3) is 0 Å². The molecule has 0 spiro atoms. The van der Waals surface area contributed by atoms with E-state index in [0.717, 1.165) is 26.1 Å². The Morgan fingerprint density at radius 2 is 2.42 bits per heavy atom. The van der Waals surface area contributed by atoms with Gasteiger partial charge in [-0.05, 0) is 25.4 Å². The summed E-state index contributed by atoms with van der Waals surface area (Å²) in [6, 6.07) is 0. The molecule has 0 radical (unpaired) electrons. The summed E-state index contributed by atoms with van der Waals surface area (Å²) in [5, 5.41) is 2.90. The van der Waals surface area contributed by atoms with Crippen molar-refractivity contribution >= 4 is 11.7 Å². The quantitative estimate of drug-likeness (QED) is 0.505. The summed E-state index contributed by atoms with van der Waals surface area (Å²) in [5.41, 5.74) is 2.65. The first-order valence-corrected chi connectivity index (χ1v) is 6.52. The number of nitrogens with two attached hydrogens (primary N) is 1. The first kappa shape index (κ1) is 13.7. The molecule has 19 heavy (non-hydrogen) atoms. The SMILES string of the molecule is CCN1CCC(CNC(=O)c2cncc(NN)n2)C1. The minimum atomic E-state index is -0.209. The zero-order chi connectivity index (χ0) is 13.7. The molecule has 1 aromatic rings. The second-order valence-corrected chi connectivity index (χ2v) is 4.69. The second-order valence-electron chi connectivity index (χ2n) is 4.69. The van der Waals surface area contributed by atoms with Crippen LogP contribution in [0, 0.1) is 5.92 Å². The van der Waals surface area contributed by atoms with Crippen LogP contribution in [0.4, 0.5) is 5.82 Å². The predicted octanol–water partition coefficient (Wildman–Crippen LogP) is -0.166. The summed E-state index contributed by atoms with van der Waals surface area (Å²) in [7, 11) is 0. The molecule has 1 aromatic heterocycles. The lowest BCUT2D eigenvalue weighted by molar-refractivity contribution is 0.0942. The van der Waals surface area contributed by atoms with E-state index in [1.54, 1.807) is 0 Å². The normalized spacial score (nSPS) is 19.4. The summed E-state index contributed by atoms with van der Waals surface area (Å²) in [6.07, 6.45) is 4.03. The van der Waals surface area contributed by atoms with Gasteiger partial charge < -0.3 is 15.6 Å². The monoisotopic (exact) mass is 264 g/mol. The topological polar surface area (TPSA) is 96.2 Å². The van der Waals surface area contributed by atoms with Crippen molar-refractivity contribution in [3.8, 4) is 0 Å². The molecule has 104 valence electrons. The molecular weight excluding hydrogens is 244 g/mol. The van der Waals surface area contributed by atoms with E-state index in [2.05, 4.69) is 32.5 Å². The lowest BCUT2D eigenvalue weighted by Crippen LogP contribution is -2.31. The number of nitrogen functional groups attached to an aromatic ring is 1. The highest BCUT2D eigenvalue weighted by Crippen LogP contribution is 2.14. The number of nitrogens with one attached hydrogen (secondary N) is 2. The van der Waals surface area contributed by atoms with Gasteiger partial charge in [0.1, 0.15) is 5.69 Å². The Bertz CT molecular complexity index is 438. The molecule has 1 atom stereocenters. The molecule has 4 N–H and O–H groups in total. The standard InChI is InChI=1S/C12H20N6O/c1-2-18-4-3-9(8-18)5-15-12(19)10-6-14-7-11(16-10)17-13/h6-7,9H,2-5,8,13H2,1H3,(H,15,19)(H,16,17). The average Bonchev–Trinajstić information content (AvgIpc) is 2.93. The van der Waals surface area contributed by atoms with Crippen LogP contribution in [-0.4, -0.2) is 47.0 Å². The number of carbonyl (C=O) groups excluding carboxylic acids is 1. The molecular formula is C12H20N6O. The van der Waals surface area contributed by atoms with Gasteiger partial charge in [0.25, 0.3) is 5.91 Å². The van der Waals surface area contributed by atoms with Crippen LogP contribution in [0.5, 0.6) is 0 Å². The van der Waals surface area contributed by atoms with Crippen molar-refractivity contribution in [1.82, 2.24) is 20.2 Å². The average molecular weight is 264 g/mol. The highest BCUT2D eigenvalue weighted by atomic mass is 16.1. The molecule has 0 bridgehead atoms. The molecule has 1 aliphatic heterocycles. The van der Waals surface area contributed by atoms with E-state index in [-0.39, 0.29) is 11.6 Å². The Morgan fingerprint density at radius 3 is 3.11 bits per heavy atom. The van der Waals surface area contributed by atoms with Gasteiger partial charge >= 0.3 is 0 Å². The first-order valence-electron chi connectivity index (χ1n) is 6.52. The number of likely N-dealkylation sites (tertiary alicyclic amines) is 1. The van der Waals surface area contributed by atoms with E-state index in [1.165, 1.54) is 12.4 Å². The maximum Gasteiger partial charge on any atom is 0.271 e. The summed E-state index contributed by atoms with van der Waals surface area (Å²) in [4.78, 5) is 22.3. The van der Waals surface area contributed by atoms with E-state index in [1.807, 2.05) is 0 Å². The van der Waals surface area contributed by atoms with Gasteiger partial charge in [0.05, 0.1) is 12.4 Å². The minimum Gasteiger partial charge on any atom is -0.350 e. The van der Waals surface area contributed by atoms with Crippen molar-refractivity contribution in [2.45, 2.75) is 13.3 Å². The fourth-order valence-corrected chi connectivity index (χ4v) is 2.24. The van der Waals surface area contributed by atoms with Crippen molar-refractivity contribution in [2.75, 3.05) is 31.6 Å². The Balaban J connectivity index is 1.84. The molecule has 1 saturated heterocycles. The number of aromatic nitrogens is 2. The van der Waals surface area contributed by atoms with Crippen LogP contribution in [0.15, 0.2) is 12.4 Å². The maximum absolute atomic E-state index is 11.9. The van der Waals surface area contributed by atoms with E-state index < -0.39 is 0 Å². The van der Waals surface area contributed by atoms with E-state index in [9.17, 15) is 4.79 Å². The van der Waals surface area contributed by atoms with Crippen molar-refractivity contribution in [1.29, 1.82) is 0 Å². The number of rotatable bonds is 5. The van der Waals surface area contributed by atoms with Crippen LogP contribution >= 0.6 is 0 Å². The molecule has 0 saturated carbocycles. The molecule has 0 aliphatic carbocycles. The molecule has 1 amide bonds. The molecule has 1 aliphatic rings.